The molecule has 2 heterocycles. The van der Waals surface area contributed by atoms with E-state index in [0.29, 0.717) is 38.3 Å². The monoisotopic (exact) mass is 461 g/mol. The van der Waals surface area contributed by atoms with Crippen molar-refractivity contribution >= 4 is 50.2 Å². The molecule has 0 radical (unpaired) electrons. The average Bonchev–Trinajstić information content (AvgIpc) is 3.25. The van der Waals surface area contributed by atoms with E-state index < -0.39 is 0 Å². The maximum atomic E-state index is 13.1. The predicted molar refractivity (Wildman–Crippen MR) is 126 cm³/mol. The zero-order chi connectivity index (χ0) is 22.8. The average molecular weight is 462 g/mol. The van der Waals surface area contributed by atoms with Crippen LogP contribution in [-0.4, -0.2) is 45.1 Å². The fourth-order valence-electron chi connectivity index (χ4n) is 3.14. The maximum absolute atomic E-state index is 13.1. The fraction of sp³-hybridized carbons (Fsp3) is 0.455. The van der Waals surface area contributed by atoms with Gasteiger partial charge in [-0.15, -0.1) is 0 Å². The van der Waals surface area contributed by atoms with E-state index in [1.807, 2.05) is 20.8 Å². The highest BCUT2D eigenvalue weighted by molar-refractivity contribution is 7.22. The Morgan fingerprint density at radius 2 is 2.00 bits per heavy atom. The number of anilines is 1. The second-order valence-electron chi connectivity index (χ2n) is 8.50. The molecule has 1 N–H and O–H groups in total. The molecule has 2 amide bonds. The summed E-state index contributed by atoms with van der Waals surface area (Å²) in [5, 5.41) is 8.32. The van der Waals surface area contributed by atoms with Gasteiger partial charge in [0.15, 0.2) is 16.5 Å². The number of nitrogens with one attached hydrogen (secondary N) is 1. The molecule has 31 heavy (non-hydrogen) atoms. The Hall–Kier alpha value is -2.45. The maximum Gasteiger partial charge on any atom is 0.275 e. The third kappa shape index (κ3) is 5.25. The third-order valence-corrected chi connectivity index (χ3v) is 6.02. The molecule has 9 heteroatoms. The minimum absolute atomic E-state index is 0.138. The molecule has 1 aromatic carbocycles. The quantitative estimate of drug-likeness (QED) is 0.476. The molecular formula is C22H28ClN5O2S. The van der Waals surface area contributed by atoms with Gasteiger partial charge in [-0.25, -0.2) is 4.68 Å². The Morgan fingerprint density at radius 3 is 2.65 bits per heavy atom. The first-order valence-corrected chi connectivity index (χ1v) is 11.5. The summed E-state index contributed by atoms with van der Waals surface area (Å²) in [4.78, 5) is 32.0. The molecule has 0 atom stereocenters. The lowest BCUT2D eigenvalue weighted by Gasteiger charge is -2.19. The van der Waals surface area contributed by atoms with Gasteiger partial charge >= 0.3 is 0 Å². The molecule has 0 aliphatic rings. The van der Waals surface area contributed by atoms with Gasteiger partial charge < -0.3 is 4.90 Å². The Morgan fingerprint density at radius 1 is 1.26 bits per heavy atom. The highest BCUT2D eigenvalue weighted by Gasteiger charge is 2.28. The van der Waals surface area contributed by atoms with E-state index in [2.05, 4.69) is 22.3 Å². The lowest BCUT2D eigenvalue weighted by molar-refractivity contribution is 0.0787. The molecule has 2 aromatic heterocycles. The number of rotatable bonds is 7. The van der Waals surface area contributed by atoms with Crippen molar-refractivity contribution < 1.29 is 9.59 Å². The first-order chi connectivity index (χ1) is 14.6. The number of carbonyl (C=O) groups is 2. The summed E-state index contributed by atoms with van der Waals surface area (Å²) in [5.41, 5.74) is 1.02. The van der Waals surface area contributed by atoms with Crippen molar-refractivity contribution in [3.8, 4) is 0 Å². The number of fused-ring (bicyclic) bond motifs is 1. The van der Waals surface area contributed by atoms with E-state index in [-0.39, 0.29) is 17.4 Å². The van der Waals surface area contributed by atoms with E-state index in [4.69, 9.17) is 11.6 Å². The number of hydrogen-bond donors (Lipinski definition) is 1. The van der Waals surface area contributed by atoms with Crippen LogP contribution in [0.25, 0.3) is 10.3 Å². The van der Waals surface area contributed by atoms with Gasteiger partial charge in [0.1, 0.15) is 4.70 Å². The Labute approximate surface area is 191 Å². The summed E-state index contributed by atoms with van der Waals surface area (Å²) >= 11 is 7.25. The van der Waals surface area contributed by atoms with Gasteiger partial charge in [0, 0.05) is 24.2 Å². The minimum Gasteiger partial charge on any atom is -0.340 e. The van der Waals surface area contributed by atoms with Crippen LogP contribution < -0.4 is 5.32 Å². The smallest absolute Gasteiger partial charge is 0.275 e. The Kier molecular flexibility index (Phi) is 7.01. The molecule has 0 saturated heterocycles. The molecule has 0 aliphatic heterocycles. The molecular weight excluding hydrogens is 434 g/mol. The number of amides is 2. The van der Waals surface area contributed by atoms with E-state index in [0.717, 1.165) is 19.3 Å². The second kappa shape index (κ2) is 9.36. The van der Waals surface area contributed by atoms with Crippen LogP contribution in [0.3, 0.4) is 0 Å². The number of benzene rings is 1. The molecule has 0 spiro atoms. The number of unbranched alkanes of at least 4 members (excludes halogenated alkanes) is 2. The zero-order valence-electron chi connectivity index (χ0n) is 18.5. The topological polar surface area (TPSA) is 80.1 Å². The van der Waals surface area contributed by atoms with Gasteiger partial charge in [0.25, 0.3) is 11.8 Å². The molecule has 3 aromatic rings. The SMILES string of the molecule is CCCCCN(C)C(=O)c1nn(C(C)(C)C)c2nc(NC(=O)c3cccc(Cl)c3)sc12. The number of halogens is 1. The normalized spacial score (nSPS) is 11.7. The van der Waals surface area contributed by atoms with E-state index in [1.54, 1.807) is 40.9 Å². The Bertz CT molecular complexity index is 1100. The molecule has 0 saturated carbocycles. The van der Waals surface area contributed by atoms with E-state index in [9.17, 15) is 9.59 Å². The number of carbonyl (C=O) groups excluding carboxylic acids is 2. The van der Waals surface area contributed by atoms with E-state index >= 15 is 0 Å². The fourth-order valence-corrected chi connectivity index (χ4v) is 4.25. The zero-order valence-corrected chi connectivity index (χ0v) is 20.1. The van der Waals surface area contributed by atoms with Crippen LogP contribution >= 0.6 is 22.9 Å². The van der Waals surface area contributed by atoms with E-state index in [1.165, 1.54) is 11.3 Å². The third-order valence-electron chi connectivity index (χ3n) is 4.81. The van der Waals surface area contributed by atoms with Crippen molar-refractivity contribution in [2.24, 2.45) is 0 Å². The highest BCUT2D eigenvalue weighted by Crippen LogP contribution is 2.33. The predicted octanol–water partition coefficient (Wildman–Crippen LogP) is 5.42. The number of hydrogen-bond acceptors (Lipinski definition) is 5. The van der Waals surface area contributed by atoms with Crippen molar-refractivity contribution in [3.63, 3.8) is 0 Å². The summed E-state index contributed by atoms with van der Waals surface area (Å²) < 4.78 is 2.42. The van der Waals surface area contributed by atoms with Gasteiger partial charge in [0.05, 0.1) is 5.54 Å². The second-order valence-corrected chi connectivity index (χ2v) is 9.94. The Balaban J connectivity index is 1.94. The summed E-state index contributed by atoms with van der Waals surface area (Å²) in [5.74, 6) is -0.445. The van der Waals surface area contributed by atoms with Crippen LogP contribution in [-0.2, 0) is 5.54 Å². The van der Waals surface area contributed by atoms with Gasteiger partial charge in [-0.2, -0.15) is 10.1 Å². The van der Waals surface area contributed by atoms with Crippen molar-refractivity contribution in [2.75, 3.05) is 18.9 Å². The van der Waals surface area contributed by atoms with Crippen molar-refractivity contribution in [3.05, 3.63) is 40.5 Å². The summed E-state index contributed by atoms with van der Waals surface area (Å²) in [6, 6.07) is 6.72. The standard InChI is InChI=1S/C22H28ClN5O2S/c1-6-7-8-12-27(5)20(30)16-17-18(28(26-16)22(2,3)4)24-21(31-17)25-19(29)14-10-9-11-15(23)13-14/h9-11,13H,6-8,12H2,1-5H3,(H,24,25,29). The molecule has 0 fully saturated rings. The lowest BCUT2D eigenvalue weighted by atomic mass is 10.1. The van der Waals surface area contributed by atoms with Gasteiger partial charge in [0.2, 0.25) is 0 Å². The van der Waals surface area contributed by atoms with Crippen molar-refractivity contribution in [1.82, 2.24) is 19.7 Å². The van der Waals surface area contributed by atoms with Crippen LogP contribution in [0, 0.1) is 0 Å². The van der Waals surface area contributed by atoms with Crippen LogP contribution in [0.2, 0.25) is 5.02 Å². The molecule has 0 aliphatic carbocycles. The molecule has 0 bridgehead atoms. The highest BCUT2D eigenvalue weighted by atomic mass is 35.5. The summed E-state index contributed by atoms with van der Waals surface area (Å²) in [6.45, 7) is 8.81. The van der Waals surface area contributed by atoms with Crippen molar-refractivity contribution in [2.45, 2.75) is 52.5 Å². The van der Waals surface area contributed by atoms with Gasteiger partial charge in [-0.3, -0.25) is 14.9 Å². The van der Waals surface area contributed by atoms with Gasteiger partial charge in [-0.1, -0.05) is 48.8 Å². The van der Waals surface area contributed by atoms with Crippen LogP contribution in [0.5, 0.6) is 0 Å². The summed E-state index contributed by atoms with van der Waals surface area (Å²) in [7, 11) is 1.79. The van der Waals surface area contributed by atoms with Crippen LogP contribution in [0.1, 0.15) is 67.8 Å². The number of thiazole rings is 1. The van der Waals surface area contributed by atoms with Crippen LogP contribution in [0.15, 0.2) is 24.3 Å². The number of aromatic nitrogens is 3. The van der Waals surface area contributed by atoms with Crippen LogP contribution in [0.4, 0.5) is 5.13 Å². The van der Waals surface area contributed by atoms with Gasteiger partial charge in [-0.05, 0) is 45.4 Å². The largest absolute Gasteiger partial charge is 0.340 e. The molecule has 166 valence electrons. The number of nitrogens with zero attached hydrogens (tertiary/aromatic N) is 4. The summed E-state index contributed by atoms with van der Waals surface area (Å²) in [6.07, 6.45) is 3.12. The lowest BCUT2D eigenvalue weighted by Crippen LogP contribution is -2.29. The minimum atomic E-state index is -0.375. The first-order valence-electron chi connectivity index (χ1n) is 10.3. The molecule has 0 unspecified atom stereocenters. The molecule has 7 nitrogen and oxygen atoms in total. The molecule has 3 rings (SSSR count). The van der Waals surface area contributed by atoms with Crippen molar-refractivity contribution in [1.29, 1.82) is 0 Å². The first kappa shape index (κ1) is 23.2.